The largest absolute Gasteiger partial charge is 0.480 e. The number of nitrogens with one attached hydrogen (secondary N) is 2. The number of aryl methyl sites for hydroxylation is 1. The fraction of sp³-hybridized carbons (Fsp3) is 0.235. The van der Waals surface area contributed by atoms with Crippen molar-refractivity contribution in [3.05, 3.63) is 58.8 Å². The molecular formula is C17H18N2O4S2. The summed E-state index contributed by atoms with van der Waals surface area (Å²) in [5.41, 5.74) is 2.75. The Labute approximate surface area is 150 Å². The molecule has 25 heavy (non-hydrogen) atoms. The van der Waals surface area contributed by atoms with Crippen molar-refractivity contribution in [1.82, 2.24) is 9.71 Å². The molecule has 2 aromatic heterocycles. The van der Waals surface area contributed by atoms with Gasteiger partial charge in [-0.3, -0.25) is 4.79 Å². The lowest BCUT2D eigenvalue weighted by Crippen LogP contribution is -2.42. The highest BCUT2D eigenvalue weighted by Crippen LogP contribution is 2.22. The van der Waals surface area contributed by atoms with Gasteiger partial charge in [0.2, 0.25) is 0 Å². The van der Waals surface area contributed by atoms with E-state index < -0.39 is 22.0 Å². The third kappa shape index (κ3) is 4.09. The van der Waals surface area contributed by atoms with Crippen molar-refractivity contribution in [1.29, 1.82) is 0 Å². The number of hydrogen-bond donors (Lipinski definition) is 3. The second kappa shape index (κ2) is 7.38. The minimum absolute atomic E-state index is 0.0693. The highest BCUT2D eigenvalue weighted by atomic mass is 32.2. The minimum atomic E-state index is -3.85. The maximum absolute atomic E-state index is 12.3. The van der Waals surface area contributed by atoms with Crippen LogP contribution in [0.1, 0.15) is 23.2 Å². The Bertz CT molecular complexity index is 909. The summed E-state index contributed by atoms with van der Waals surface area (Å²) in [6.07, 6.45) is 11.4. The second-order valence-electron chi connectivity index (χ2n) is 5.68. The Morgan fingerprint density at radius 3 is 2.96 bits per heavy atom. The molecular weight excluding hydrogens is 360 g/mol. The first kappa shape index (κ1) is 17.7. The topological polar surface area (TPSA) is 99.3 Å². The van der Waals surface area contributed by atoms with Gasteiger partial charge in [-0.1, -0.05) is 30.4 Å². The van der Waals surface area contributed by atoms with Crippen LogP contribution in [0.25, 0.3) is 6.08 Å². The van der Waals surface area contributed by atoms with Gasteiger partial charge in [-0.2, -0.15) is 4.72 Å². The molecule has 6 nitrogen and oxygen atoms in total. The van der Waals surface area contributed by atoms with Gasteiger partial charge in [-0.15, -0.1) is 11.3 Å². The van der Waals surface area contributed by atoms with Crippen LogP contribution in [0.4, 0.5) is 0 Å². The van der Waals surface area contributed by atoms with Crippen LogP contribution < -0.4 is 4.72 Å². The van der Waals surface area contributed by atoms with E-state index in [1.165, 1.54) is 6.07 Å². The van der Waals surface area contributed by atoms with Crippen molar-refractivity contribution in [2.24, 2.45) is 0 Å². The quantitative estimate of drug-likeness (QED) is 0.719. The van der Waals surface area contributed by atoms with Crippen molar-refractivity contribution in [2.45, 2.75) is 29.5 Å². The molecule has 0 saturated carbocycles. The third-order valence-corrected chi connectivity index (χ3v) is 6.81. The van der Waals surface area contributed by atoms with E-state index in [1.807, 2.05) is 18.2 Å². The number of carboxylic acids is 1. The maximum atomic E-state index is 12.3. The number of aromatic nitrogens is 1. The molecule has 0 spiro atoms. The van der Waals surface area contributed by atoms with Crippen LogP contribution >= 0.6 is 11.3 Å². The number of fused-ring (bicyclic) bond motifs is 1. The molecule has 0 aromatic carbocycles. The van der Waals surface area contributed by atoms with Crippen LogP contribution in [0.15, 0.2) is 46.1 Å². The number of aromatic amines is 1. The molecule has 0 aliphatic heterocycles. The number of carbonyl (C=O) groups is 1. The summed E-state index contributed by atoms with van der Waals surface area (Å²) < 4.78 is 27.1. The summed E-state index contributed by atoms with van der Waals surface area (Å²) in [7, 11) is -3.85. The van der Waals surface area contributed by atoms with E-state index in [9.17, 15) is 18.3 Å². The van der Waals surface area contributed by atoms with Crippen molar-refractivity contribution < 1.29 is 18.3 Å². The summed E-state index contributed by atoms with van der Waals surface area (Å²) >= 11 is 1.05. The van der Waals surface area contributed by atoms with Crippen molar-refractivity contribution in [2.75, 3.05) is 0 Å². The Morgan fingerprint density at radius 1 is 1.40 bits per heavy atom. The predicted molar refractivity (Wildman–Crippen MR) is 97.1 cm³/mol. The van der Waals surface area contributed by atoms with E-state index >= 15 is 0 Å². The van der Waals surface area contributed by atoms with Gasteiger partial charge in [0.25, 0.3) is 10.0 Å². The van der Waals surface area contributed by atoms with Gasteiger partial charge in [-0.05, 0) is 35.4 Å². The molecule has 2 aromatic rings. The maximum Gasteiger partial charge on any atom is 0.322 e. The van der Waals surface area contributed by atoms with E-state index in [2.05, 4.69) is 15.8 Å². The standard InChI is InChI=1S/C17H18N2O4S2/c20-17(21)15(19-25(22,23)16-8-5-9-24-16)10-12-11-18-14-7-4-2-1-3-6-13(12)14/h1-3,5-6,8-9,11,15,18-19H,4,7,10H2,(H,20,21). The van der Waals surface area contributed by atoms with Crippen molar-refractivity contribution in [3.8, 4) is 0 Å². The average molecular weight is 378 g/mol. The fourth-order valence-electron chi connectivity index (χ4n) is 2.72. The van der Waals surface area contributed by atoms with E-state index in [-0.39, 0.29) is 10.6 Å². The zero-order chi connectivity index (χ0) is 17.9. The molecule has 0 radical (unpaired) electrons. The Morgan fingerprint density at radius 2 is 2.24 bits per heavy atom. The number of thiophene rings is 1. The van der Waals surface area contributed by atoms with Gasteiger partial charge in [0.05, 0.1) is 0 Å². The van der Waals surface area contributed by atoms with Crippen LogP contribution in [0, 0.1) is 0 Å². The molecule has 132 valence electrons. The minimum Gasteiger partial charge on any atom is -0.480 e. The molecule has 0 bridgehead atoms. The van der Waals surface area contributed by atoms with E-state index in [0.29, 0.717) is 0 Å². The van der Waals surface area contributed by atoms with Crippen LogP contribution in [0.2, 0.25) is 0 Å². The van der Waals surface area contributed by atoms with Gasteiger partial charge < -0.3 is 10.1 Å². The summed E-state index contributed by atoms with van der Waals surface area (Å²) in [5, 5.41) is 11.1. The highest BCUT2D eigenvalue weighted by molar-refractivity contribution is 7.91. The average Bonchev–Trinajstić information content (AvgIpc) is 3.17. The molecule has 1 aliphatic rings. The zero-order valence-corrected chi connectivity index (χ0v) is 14.9. The summed E-state index contributed by atoms with van der Waals surface area (Å²) in [6, 6.07) is 1.83. The molecule has 8 heteroatoms. The van der Waals surface area contributed by atoms with Crippen molar-refractivity contribution in [3.63, 3.8) is 0 Å². The van der Waals surface area contributed by atoms with Gasteiger partial charge >= 0.3 is 5.97 Å². The number of aliphatic carboxylic acids is 1. The van der Waals surface area contributed by atoms with Gasteiger partial charge in [0.15, 0.2) is 0 Å². The summed E-state index contributed by atoms with van der Waals surface area (Å²) in [5.74, 6) is -1.20. The van der Waals surface area contributed by atoms with E-state index in [0.717, 1.165) is 41.0 Å². The smallest absolute Gasteiger partial charge is 0.322 e. The predicted octanol–water partition coefficient (Wildman–Crippen LogP) is 2.57. The van der Waals surface area contributed by atoms with E-state index in [4.69, 9.17) is 0 Å². The Balaban J connectivity index is 1.84. The molecule has 1 atom stereocenters. The zero-order valence-electron chi connectivity index (χ0n) is 13.3. The summed E-state index contributed by atoms with van der Waals surface area (Å²) in [6.45, 7) is 0. The fourth-order valence-corrected chi connectivity index (χ4v) is 4.92. The number of rotatable bonds is 6. The van der Waals surface area contributed by atoms with Crippen LogP contribution in [-0.4, -0.2) is 30.5 Å². The molecule has 1 unspecified atom stereocenters. The number of sulfonamides is 1. The van der Waals surface area contributed by atoms with Crippen LogP contribution in [-0.2, 0) is 27.7 Å². The normalized spacial score (nSPS) is 15.4. The number of H-pyrrole nitrogens is 1. The lowest BCUT2D eigenvalue weighted by molar-refractivity contribution is -0.138. The SMILES string of the molecule is O=C(O)C(Cc1c[nH]c2c1C=CC=CCC2)NS(=O)(=O)c1cccs1. The van der Waals surface area contributed by atoms with Gasteiger partial charge in [0, 0.05) is 18.3 Å². The molecule has 3 rings (SSSR count). The molecule has 0 fully saturated rings. The third-order valence-electron chi connectivity index (χ3n) is 3.94. The first-order valence-corrected chi connectivity index (χ1v) is 10.1. The Hall–Kier alpha value is -2.16. The van der Waals surface area contributed by atoms with Crippen LogP contribution in [0.3, 0.4) is 0 Å². The molecule has 0 amide bonds. The molecule has 1 aliphatic carbocycles. The summed E-state index contributed by atoms with van der Waals surface area (Å²) in [4.78, 5) is 14.8. The highest BCUT2D eigenvalue weighted by Gasteiger charge is 2.27. The lowest BCUT2D eigenvalue weighted by atomic mass is 10.0. The first-order chi connectivity index (χ1) is 12.0. The molecule has 0 saturated heterocycles. The number of carboxylic acid groups (broad SMARTS) is 1. The number of hydrogen-bond acceptors (Lipinski definition) is 4. The van der Waals surface area contributed by atoms with Crippen LogP contribution in [0.5, 0.6) is 0 Å². The lowest BCUT2D eigenvalue weighted by Gasteiger charge is -2.14. The van der Waals surface area contributed by atoms with Gasteiger partial charge in [0.1, 0.15) is 10.3 Å². The monoisotopic (exact) mass is 378 g/mol. The molecule has 2 heterocycles. The first-order valence-electron chi connectivity index (χ1n) is 7.78. The second-order valence-corrected chi connectivity index (χ2v) is 8.57. The van der Waals surface area contributed by atoms with E-state index in [1.54, 1.807) is 17.6 Å². The number of allylic oxidation sites excluding steroid dienone is 3. The van der Waals surface area contributed by atoms with Gasteiger partial charge in [-0.25, -0.2) is 8.42 Å². The molecule has 3 N–H and O–H groups in total. The Kier molecular flexibility index (Phi) is 5.22. The van der Waals surface area contributed by atoms with Crippen molar-refractivity contribution >= 4 is 33.4 Å².